The van der Waals surface area contributed by atoms with Crippen molar-refractivity contribution in [3.8, 4) is 0 Å². The summed E-state index contributed by atoms with van der Waals surface area (Å²) in [6, 6.07) is 0. The van der Waals surface area contributed by atoms with Crippen LogP contribution in [0.1, 0.15) is 57.8 Å². The zero-order chi connectivity index (χ0) is 15.9. The van der Waals surface area contributed by atoms with Crippen molar-refractivity contribution in [2.45, 2.75) is 63.9 Å². The van der Waals surface area contributed by atoms with E-state index in [4.69, 9.17) is 9.47 Å². The molecule has 0 bridgehead atoms. The first-order chi connectivity index (χ1) is 10.6. The molecule has 1 saturated carbocycles. The van der Waals surface area contributed by atoms with Crippen molar-refractivity contribution in [2.75, 3.05) is 13.7 Å². The number of unbranched alkanes of at least 4 members (excludes halogenated alkanes) is 3. The third-order valence-corrected chi connectivity index (χ3v) is 4.26. The van der Waals surface area contributed by atoms with Gasteiger partial charge in [0.2, 0.25) is 0 Å². The molecule has 1 unspecified atom stereocenters. The second kappa shape index (κ2) is 8.32. The zero-order valence-corrected chi connectivity index (χ0v) is 13.3. The van der Waals surface area contributed by atoms with Gasteiger partial charge in [0.05, 0.1) is 0 Å². The summed E-state index contributed by atoms with van der Waals surface area (Å²) < 4.78 is 10.3. The minimum absolute atomic E-state index is 0.0736. The molecule has 22 heavy (non-hydrogen) atoms. The summed E-state index contributed by atoms with van der Waals surface area (Å²) in [4.78, 5) is 24.1. The Kier molecular flexibility index (Phi) is 6.43. The van der Waals surface area contributed by atoms with Gasteiger partial charge in [-0.2, -0.15) is 0 Å². The lowest BCUT2D eigenvalue weighted by molar-refractivity contribution is -0.151. The molecule has 0 radical (unpaired) electrons. The molecule has 2 aliphatic rings. The van der Waals surface area contributed by atoms with Gasteiger partial charge in [-0.15, -0.1) is 0 Å². The number of aliphatic hydroxyl groups excluding tert-OH is 1. The number of aliphatic hydroxyl groups is 1. The molecule has 1 atom stereocenters. The van der Waals surface area contributed by atoms with E-state index in [2.05, 4.69) is 0 Å². The molecule has 0 aromatic carbocycles. The molecule has 1 saturated heterocycles. The third-order valence-electron chi connectivity index (χ3n) is 4.26. The Labute approximate surface area is 131 Å². The van der Waals surface area contributed by atoms with Gasteiger partial charge in [0.1, 0.15) is 17.4 Å². The molecular formula is C17H26O5. The Bertz CT molecular complexity index is 416. The van der Waals surface area contributed by atoms with Crippen LogP contribution in [0, 0.1) is 5.92 Å². The molecule has 2 fully saturated rings. The first kappa shape index (κ1) is 17.0. The summed E-state index contributed by atoms with van der Waals surface area (Å²) in [6.45, 7) is 0.769. The quantitative estimate of drug-likeness (QED) is 0.233. The van der Waals surface area contributed by atoms with Gasteiger partial charge in [0.25, 0.3) is 0 Å². The van der Waals surface area contributed by atoms with E-state index in [-0.39, 0.29) is 29.6 Å². The van der Waals surface area contributed by atoms with Crippen LogP contribution in [0.5, 0.6) is 0 Å². The molecule has 5 nitrogen and oxygen atoms in total. The molecule has 1 N–H and O–H groups in total. The van der Waals surface area contributed by atoms with Crippen LogP contribution >= 0.6 is 0 Å². The topological polar surface area (TPSA) is 72.8 Å². The van der Waals surface area contributed by atoms with Crippen LogP contribution in [-0.2, 0) is 19.1 Å². The van der Waals surface area contributed by atoms with E-state index < -0.39 is 5.97 Å². The fraction of sp³-hybridized carbons (Fsp3) is 0.765. The lowest BCUT2D eigenvalue weighted by Gasteiger charge is -2.23. The van der Waals surface area contributed by atoms with Crippen LogP contribution < -0.4 is 0 Å². The van der Waals surface area contributed by atoms with Crippen LogP contribution in [0.15, 0.2) is 11.3 Å². The Balaban J connectivity index is 1.75. The zero-order valence-electron chi connectivity index (χ0n) is 13.3. The molecule has 124 valence electrons. The fourth-order valence-corrected chi connectivity index (χ4v) is 2.78. The second-order valence-corrected chi connectivity index (χ2v) is 6.32. The highest BCUT2D eigenvalue weighted by Crippen LogP contribution is 2.36. The smallest absolute Gasteiger partial charge is 0.345 e. The number of carbonyl (C=O) groups excluding carboxylic acids is 2. The number of methoxy groups -OCH3 is 1. The SMILES string of the molecule is COCCCCCCC1CC(=O)C(=C(O)CC2CC2)C(=O)O1. The first-order valence-electron chi connectivity index (χ1n) is 8.27. The highest BCUT2D eigenvalue weighted by atomic mass is 16.5. The number of cyclic esters (lactones) is 1. The summed E-state index contributed by atoms with van der Waals surface area (Å²) in [6.07, 6.45) is 7.22. The molecular weight excluding hydrogens is 284 g/mol. The molecule has 0 spiro atoms. The Morgan fingerprint density at radius 1 is 1.23 bits per heavy atom. The highest BCUT2D eigenvalue weighted by Gasteiger charge is 2.35. The monoisotopic (exact) mass is 310 g/mol. The maximum atomic E-state index is 12.1. The van der Waals surface area contributed by atoms with E-state index in [1.807, 2.05) is 0 Å². The number of carbonyl (C=O) groups is 2. The standard InChI is InChI=1S/C17H26O5/c1-21-9-5-3-2-4-6-13-11-15(19)16(17(20)22-13)14(18)10-12-7-8-12/h12-13,18H,2-11H2,1H3. The minimum Gasteiger partial charge on any atom is -0.511 e. The van der Waals surface area contributed by atoms with Crippen LogP contribution in [0.2, 0.25) is 0 Å². The normalized spacial score (nSPS) is 24.3. The fourth-order valence-electron chi connectivity index (χ4n) is 2.78. The van der Waals surface area contributed by atoms with Gasteiger partial charge in [-0.1, -0.05) is 12.8 Å². The van der Waals surface area contributed by atoms with Crippen molar-refractivity contribution < 1.29 is 24.2 Å². The molecule has 1 heterocycles. The minimum atomic E-state index is -0.640. The van der Waals surface area contributed by atoms with Gasteiger partial charge in [-0.3, -0.25) is 4.79 Å². The van der Waals surface area contributed by atoms with Crippen LogP contribution in [0.25, 0.3) is 0 Å². The van der Waals surface area contributed by atoms with Crippen molar-refractivity contribution >= 4 is 11.8 Å². The molecule has 0 amide bonds. The average Bonchev–Trinajstić information content (AvgIpc) is 3.26. The van der Waals surface area contributed by atoms with Crippen LogP contribution in [-0.4, -0.2) is 36.7 Å². The number of esters is 1. The van der Waals surface area contributed by atoms with Crippen LogP contribution in [0.3, 0.4) is 0 Å². The van der Waals surface area contributed by atoms with Gasteiger partial charge < -0.3 is 14.6 Å². The molecule has 0 aromatic heterocycles. The molecule has 1 aliphatic carbocycles. The first-order valence-corrected chi connectivity index (χ1v) is 8.27. The lowest BCUT2D eigenvalue weighted by atomic mass is 9.96. The lowest BCUT2D eigenvalue weighted by Crippen LogP contribution is -2.33. The van der Waals surface area contributed by atoms with Gasteiger partial charge in [0, 0.05) is 26.6 Å². The van der Waals surface area contributed by atoms with Gasteiger partial charge in [-0.25, -0.2) is 4.79 Å². The summed E-state index contributed by atoms with van der Waals surface area (Å²) >= 11 is 0. The van der Waals surface area contributed by atoms with Gasteiger partial charge >= 0.3 is 5.97 Å². The molecule has 1 aliphatic heterocycles. The second-order valence-electron chi connectivity index (χ2n) is 6.32. The van der Waals surface area contributed by atoms with Crippen molar-refractivity contribution in [1.29, 1.82) is 0 Å². The average molecular weight is 310 g/mol. The molecule has 5 heteroatoms. The number of ether oxygens (including phenoxy) is 2. The third kappa shape index (κ3) is 5.13. The predicted octanol–water partition coefficient (Wildman–Crippen LogP) is 3.08. The van der Waals surface area contributed by atoms with Crippen molar-refractivity contribution in [3.05, 3.63) is 11.3 Å². The Morgan fingerprint density at radius 2 is 1.95 bits per heavy atom. The highest BCUT2D eigenvalue weighted by molar-refractivity contribution is 6.19. The number of hydrogen-bond donors (Lipinski definition) is 1. The van der Waals surface area contributed by atoms with Gasteiger partial charge in [0.15, 0.2) is 5.78 Å². The number of ketones is 1. The Morgan fingerprint density at radius 3 is 2.59 bits per heavy atom. The van der Waals surface area contributed by atoms with Crippen molar-refractivity contribution in [1.82, 2.24) is 0 Å². The van der Waals surface area contributed by atoms with Crippen molar-refractivity contribution in [2.24, 2.45) is 5.92 Å². The summed E-state index contributed by atoms with van der Waals surface area (Å²) in [7, 11) is 1.69. The maximum absolute atomic E-state index is 12.1. The number of Topliss-reactive ketones (excluding diaryl/α,β-unsaturated/α-hetero) is 1. The van der Waals surface area contributed by atoms with E-state index in [1.54, 1.807) is 7.11 Å². The number of allylic oxidation sites excluding steroid dienone is 1. The Hall–Kier alpha value is -1.36. The van der Waals surface area contributed by atoms with E-state index in [1.165, 1.54) is 0 Å². The van der Waals surface area contributed by atoms with Crippen molar-refractivity contribution in [3.63, 3.8) is 0 Å². The molecule has 0 aromatic rings. The summed E-state index contributed by atoms with van der Waals surface area (Å²) in [5.74, 6) is -0.550. The van der Waals surface area contributed by atoms with E-state index in [0.717, 1.165) is 45.1 Å². The predicted molar refractivity (Wildman–Crippen MR) is 81.5 cm³/mol. The largest absolute Gasteiger partial charge is 0.511 e. The van der Waals surface area contributed by atoms with Crippen LogP contribution in [0.4, 0.5) is 0 Å². The van der Waals surface area contributed by atoms with E-state index in [0.29, 0.717) is 18.8 Å². The molecule has 2 rings (SSSR count). The number of rotatable bonds is 9. The van der Waals surface area contributed by atoms with Gasteiger partial charge in [-0.05, 0) is 38.0 Å². The maximum Gasteiger partial charge on any atom is 0.345 e. The van der Waals surface area contributed by atoms with E-state index in [9.17, 15) is 14.7 Å². The number of hydrogen-bond acceptors (Lipinski definition) is 5. The summed E-state index contributed by atoms with van der Waals surface area (Å²) in [5.41, 5.74) is -0.108. The van der Waals surface area contributed by atoms with E-state index >= 15 is 0 Å². The summed E-state index contributed by atoms with van der Waals surface area (Å²) in [5, 5.41) is 9.95.